The number of H-pyrrole nitrogens is 1. The molecular formula is C24H26FN3O3. The lowest BCUT2D eigenvalue weighted by Gasteiger charge is -2.22. The van der Waals surface area contributed by atoms with Gasteiger partial charge in [0, 0.05) is 10.9 Å². The van der Waals surface area contributed by atoms with E-state index >= 15 is 0 Å². The van der Waals surface area contributed by atoms with Crippen LogP contribution in [0.5, 0.6) is 0 Å². The summed E-state index contributed by atoms with van der Waals surface area (Å²) in [6, 6.07) is 13.4. The number of carbonyl (C=O) groups is 3. The standard InChI is InChI=1S/C24H26FN3O3/c1-15(2)11-21(28-24(31)22-13-17-5-3-4-6-20(17)27-22)23(30)26-19(14-29)12-16-7-9-18(25)10-8-16/h3-10,13-15,19,21,27H,11-12H2,1-2H3,(H,26,30)(H,28,31)/t19?,21-/m0/s1. The third kappa shape index (κ3) is 6.01. The number of hydrogen-bond donors (Lipinski definition) is 3. The van der Waals surface area contributed by atoms with Crippen LogP contribution in [0, 0.1) is 11.7 Å². The summed E-state index contributed by atoms with van der Waals surface area (Å²) >= 11 is 0. The van der Waals surface area contributed by atoms with Crippen LogP contribution in [0.1, 0.15) is 36.3 Å². The van der Waals surface area contributed by atoms with Gasteiger partial charge in [-0.1, -0.05) is 44.2 Å². The van der Waals surface area contributed by atoms with E-state index in [1.54, 1.807) is 18.2 Å². The highest BCUT2D eigenvalue weighted by molar-refractivity contribution is 6.00. The first-order valence-electron chi connectivity index (χ1n) is 10.2. The molecule has 31 heavy (non-hydrogen) atoms. The van der Waals surface area contributed by atoms with Crippen LogP contribution in [0.3, 0.4) is 0 Å². The molecule has 1 aromatic heterocycles. The molecule has 0 radical (unpaired) electrons. The Balaban J connectivity index is 1.69. The molecule has 0 saturated carbocycles. The van der Waals surface area contributed by atoms with Gasteiger partial charge in [-0.3, -0.25) is 9.59 Å². The first-order valence-corrected chi connectivity index (χ1v) is 10.2. The van der Waals surface area contributed by atoms with Crippen LogP contribution in [0.15, 0.2) is 54.6 Å². The van der Waals surface area contributed by atoms with Gasteiger partial charge < -0.3 is 20.4 Å². The van der Waals surface area contributed by atoms with Crippen molar-refractivity contribution >= 4 is 29.0 Å². The first kappa shape index (κ1) is 22.2. The van der Waals surface area contributed by atoms with Crippen molar-refractivity contribution in [3.05, 3.63) is 71.7 Å². The van der Waals surface area contributed by atoms with Crippen LogP contribution >= 0.6 is 0 Å². The molecule has 0 saturated heterocycles. The molecule has 0 spiro atoms. The molecule has 7 heteroatoms. The summed E-state index contributed by atoms with van der Waals surface area (Å²) in [6.07, 6.45) is 1.30. The van der Waals surface area contributed by atoms with Crippen molar-refractivity contribution in [3.63, 3.8) is 0 Å². The topological polar surface area (TPSA) is 91.1 Å². The number of aldehydes is 1. The number of halogens is 1. The van der Waals surface area contributed by atoms with Crippen LogP contribution in [-0.4, -0.2) is 35.2 Å². The number of carbonyl (C=O) groups excluding carboxylic acids is 3. The summed E-state index contributed by atoms with van der Waals surface area (Å²) < 4.78 is 13.1. The summed E-state index contributed by atoms with van der Waals surface area (Å²) in [4.78, 5) is 40.2. The van der Waals surface area contributed by atoms with Crippen LogP contribution in [0.25, 0.3) is 10.9 Å². The number of aromatic amines is 1. The second-order valence-electron chi connectivity index (χ2n) is 8.01. The smallest absolute Gasteiger partial charge is 0.268 e. The van der Waals surface area contributed by atoms with Gasteiger partial charge in [0.25, 0.3) is 5.91 Å². The van der Waals surface area contributed by atoms with Crippen molar-refractivity contribution in [2.75, 3.05) is 0 Å². The van der Waals surface area contributed by atoms with Gasteiger partial charge in [0.2, 0.25) is 5.91 Å². The second kappa shape index (κ2) is 10.0. The molecule has 0 bridgehead atoms. The molecule has 2 aromatic carbocycles. The molecule has 1 unspecified atom stereocenters. The second-order valence-corrected chi connectivity index (χ2v) is 8.01. The van der Waals surface area contributed by atoms with E-state index in [-0.39, 0.29) is 18.2 Å². The summed E-state index contributed by atoms with van der Waals surface area (Å²) in [5.41, 5.74) is 1.92. The molecule has 3 N–H and O–H groups in total. The zero-order valence-electron chi connectivity index (χ0n) is 17.5. The average Bonchev–Trinajstić information content (AvgIpc) is 3.18. The maximum atomic E-state index is 13.1. The van der Waals surface area contributed by atoms with Crippen LogP contribution in [0.4, 0.5) is 4.39 Å². The molecule has 3 rings (SSSR count). The van der Waals surface area contributed by atoms with E-state index in [0.717, 1.165) is 16.5 Å². The number of amides is 2. The largest absolute Gasteiger partial charge is 0.351 e. The van der Waals surface area contributed by atoms with Gasteiger partial charge in [0.1, 0.15) is 23.8 Å². The van der Waals surface area contributed by atoms with Gasteiger partial charge in [-0.2, -0.15) is 0 Å². The molecule has 1 heterocycles. The number of hydrogen-bond acceptors (Lipinski definition) is 3. The zero-order valence-corrected chi connectivity index (χ0v) is 17.5. The average molecular weight is 423 g/mol. The van der Waals surface area contributed by atoms with E-state index in [2.05, 4.69) is 15.6 Å². The Hall–Kier alpha value is -3.48. The van der Waals surface area contributed by atoms with Gasteiger partial charge in [-0.05, 0) is 48.6 Å². The zero-order chi connectivity index (χ0) is 22.4. The molecule has 0 aliphatic rings. The van der Waals surface area contributed by atoms with E-state index in [0.29, 0.717) is 18.4 Å². The Labute approximate surface area is 180 Å². The Morgan fingerprint density at radius 1 is 1.06 bits per heavy atom. The lowest BCUT2D eigenvalue weighted by Crippen LogP contribution is -2.51. The molecule has 0 fully saturated rings. The third-order valence-electron chi connectivity index (χ3n) is 4.96. The highest BCUT2D eigenvalue weighted by Gasteiger charge is 2.25. The monoisotopic (exact) mass is 423 g/mol. The van der Waals surface area contributed by atoms with E-state index in [1.165, 1.54) is 12.1 Å². The van der Waals surface area contributed by atoms with E-state index in [4.69, 9.17) is 0 Å². The molecule has 2 amide bonds. The molecular weight excluding hydrogens is 397 g/mol. The number of para-hydroxylation sites is 1. The van der Waals surface area contributed by atoms with Gasteiger partial charge in [0.15, 0.2) is 0 Å². The fraction of sp³-hybridized carbons (Fsp3) is 0.292. The van der Waals surface area contributed by atoms with Crippen LogP contribution in [0.2, 0.25) is 0 Å². The molecule has 0 aliphatic carbocycles. The third-order valence-corrected chi connectivity index (χ3v) is 4.96. The van der Waals surface area contributed by atoms with E-state index in [9.17, 15) is 18.8 Å². The summed E-state index contributed by atoms with van der Waals surface area (Å²) in [7, 11) is 0. The lowest BCUT2D eigenvalue weighted by molar-refractivity contribution is -0.126. The summed E-state index contributed by atoms with van der Waals surface area (Å²) in [5.74, 6) is -1.05. The van der Waals surface area contributed by atoms with Crippen molar-refractivity contribution < 1.29 is 18.8 Å². The van der Waals surface area contributed by atoms with Gasteiger partial charge >= 0.3 is 0 Å². The van der Waals surface area contributed by atoms with Crippen molar-refractivity contribution in [2.24, 2.45) is 5.92 Å². The molecule has 6 nitrogen and oxygen atoms in total. The quantitative estimate of drug-likeness (QED) is 0.461. The van der Waals surface area contributed by atoms with Gasteiger partial charge in [-0.15, -0.1) is 0 Å². The number of rotatable bonds is 9. The predicted molar refractivity (Wildman–Crippen MR) is 117 cm³/mol. The highest BCUT2D eigenvalue weighted by atomic mass is 19.1. The van der Waals surface area contributed by atoms with Gasteiger partial charge in [0.05, 0.1) is 6.04 Å². The molecule has 162 valence electrons. The number of benzene rings is 2. The van der Waals surface area contributed by atoms with E-state index in [1.807, 2.05) is 38.1 Å². The van der Waals surface area contributed by atoms with Crippen LogP contribution < -0.4 is 10.6 Å². The van der Waals surface area contributed by atoms with E-state index < -0.39 is 23.9 Å². The summed E-state index contributed by atoms with van der Waals surface area (Å²) in [5, 5.41) is 6.37. The maximum Gasteiger partial charge on any atom is 0.268 e. The Morgan fingerprint density at radius 3 is 2.42 bits per heavy atom. The first-order chi connectivity index (χ1) is 14.9. The van der Waals surface area contributed by atoms with Crippen molar-refractivity contribution in [1.29, 1.82) is 0 Å². The molecule has 0 aliphatic heterocycles. The minimum Gasteiger partial charge on any atom is -0.351 e. The van der Waals surface area contributed by atoms with Crippen molar-refractivity contribution in [3.8, 4) is 0 Å². The fourth-order valence-corrected chi connectivity index (χ4v) is 3.43. The highest BCUT2D eigenvalue weighted by Crippen LogP contribution is 2.15. The Bertz CT molecular complexity index is 1030. The Kier molecular flexibility index (Phi) is 7.18. The maximum absolute atomic E-state index is 13.1. The number of nitrogens with one attached hydrogen (secondary N) is 3. The lowest BCUT2D eigenvalue weighted by atomic mass is 10.0. The van der Waals surface area contributed by atoms with Crippen LogP contribution in [-0.2, 0) is 16.0 Å². The Morgan fingerprint density at radius 2 is 1.77 bits per heavy atom. The number of fused-ring (bicyclic) bond motifs is 1. The molecule has 2 atom stereocenters. The number of aromatic nitrogens is 1. The molecule has 3 aromatic rings. The minimum absolute atomic E-state index is 0.144. The SMILES string of the molecule is CC(C)C[C@H](NC(=O)c1cc2ccccc2[nH]1)C(=O)NC(C=O)Cc1ccc(F)cc1. The van der Waals surface area contributed by atoms with Gasteiger partial charge in [-0.25, -0.2) is 4.39 Å². The normalized spacial score (nSPS) is 13.0. The van der Waals surface area contributed by atoms with Crippen molar-refractivity contribution in [1.82, 2.24) is 15.6 Å². The van der Waals surface area contributed by atoms with Crippen molar-refractivity contribution in [2.45, 2.75) is 38.8 Å². The predicted octanol–water partition coefficient (Wildman–Crippen LogP) is 3.38. The minimum atomic E-state index is -0.797. The fourth-order valence-electron chi connectivity index (χ4n) is 3.43. The summed E-state index contributed by atoms with van der Waals surface area (Å²) in [6.45, 7) is 3.90.